The summed E-state index contributed by atoms with van der Waals surface area (Å²) in [4.78, 5) is 0. The van der Waals surface area contributed by atoms with Gasteiger partial charge in [-0.15, -0.1) is 0 Å². The maximum atomic E-state index is 12.9. The van der Waals surface area contributed by atoms with E-state index in [2.05, 4.69) is 0 Å². The van der Waals surface area contributed by atoms with E-state index in [1.807, 2.05) is 6.92 Å². The highest BCUT2D eigenvalue weighted by Gasteiger charge is 2.16. The van der Waals surface area contributed by atoms with Gasteiger partial charge in [-0.3, -0.25) is 0 Å². The summed E-state index contributed by atoms with van der Waals surface area (Å²) in [7, 11) is 0. The fraction of sp³-hybridized carbons (Fsp3) is 0.294. The molecule has 2 aromatic rings. The Labute approximate surface area is 117 Å². The van der Waals surface area contributed by atoms with Gasteiger partial charge in [0.25, 0.3) is 0 Å². The normalized spacial score (nSPS) is 14.0. The molecular formula is C17H18F2O. The molecule has 0 aromatic heterocycles. The minimum atomic E-state index is -0.648. The van der Waals surface area contributed by atoms with Gasteiger partial charge in [0.05, 0.1) is 6.10 Å². The highest BCUT2D eigenvalue weighted by Crippen LogP contribution is 2.30. The monoisotopic (exact) mass is 276 g/mol. The molecule has 0 aliphatic carbocycles. The molecule has 0 spiro atoms. The second kappa shape index (κ2) is 6.62. The quantitative estimate of drug-likeness (QED) is 0.847. The number of halogens is 2. The smallest absolute Gasteiger partial charge is 0.123 e. The van der Waals surface area contributed by atoms with Crippen LogP contribution in [0.4, 0.5) is 8.78 Å². The zero-order chi connectivity index (χ0) is 14.5. The van der Waals surface area contributed by atoms with Gasteiger partial charge in [-0.2, -0.15) is 0 Å². The molecule has 0 aliphatic rings. The highest BCUT2D eigenvalue weighted by atomic mass is 19.1. The van der Waals surface area contributed by atoms with Gasteiger partial charge in [0.15, 0.2) is 0 Å². The van der Waals surface area contributed by atoms with Crippen molar-refractivity contribution in [2.75, 3.05) is 0 Å². The van der Waals surface area contributed by atoms with Crippen LogP contribution in [0.15, 0.2) is 48.5 Å². The van der Waals surface area contributed by atoms with Crippen LogP contribution >= 0.6 is 0 Å². The van der Waals surface area contributed by atoms with Gasteiger partial charge in [0, 0.05) is 0 Å². The number of aliphatic hydroxyl groups excluding tert-OH is 1. The maximum Gasteiger partial charge on any atom is 0.123 e. The molecule has 106 valence electrons. The molecule has 0 amide bonds. The van der Waals surface area contributed by atoms with E-state index >= 15 is 0 Å². The van der Waals surface area contributed by atoms with E-state index in [9.17, 15) is 13.9 Å². The minimum absolute atomic E-state index is 0.149. The van der Waals surface area contributed by atoms with Crippen molar-refractivity contribution < 1.29 is 13.9 Å². The number of hydrogen-bond donors (Lipinski definition) is 1. The van der Waals surface area contributed by atoms with Crippen molar-refractivity contribution in [3.63, 3.8) is 0 Å². The highest BCUT2D eigenvalue weighted by molar-refractivity contribution is 5.23. The Morgan fingerprint density at radius 1 is 0.850 bits per heavy atom. The summed E-state index contributed by atoms with van der Waals surface area (Å²) in [6.07, 6.45) is 0.739. The predicted molar refractivity (Wildman–Crippen MR) is 75.4 cm³/mol. The first-order valence-electron chi connectivity index (χ1n) is 6.79. The SMILES string of the molecule is CCC(CC(O)c1ccc(F)cc1)c1ccc(F)cc1. The summed E-state index contributed by atoms with van der Waals surface area (Å²) in [5, 5.41) is 10.2. The lowest BCUT2D eigenvalue weighted by Gasteiger charge is -2.19. The molecule has 0 bridgehead atoms. The first kappa shape index (κ1) is 14.7. The van der Waals surface area contributed by atoms with Crippen molar-refractivity contribution in [3.05, 3.63) is 71.3 Å². The van der Waals surface area contributed by atoms with E-state index < -0.39 is 6.10 Å². The summed E-state index contributed by atoms with van der Waals surface area (Å²) in [5.41, 5.74) is 1.71. The van der Waals surface area contributed by atoms with E-state index in [0.29, 0.717) is 12.0 Å². The topological polar surface area (TPSA) is 20.2 Å². The Hall–Kier alpha value is -1.74. The Morgan fingerprint density at radius 3 is 1.75 bits per heavy atom. The largest absolute Gasteiger partial charge is 0.388 e. The van der Waals surface area contributed by atoms with Crippen molar-refractivity contribution in [2.24, 2.45) is 0 Å². The molecule has 2 rings (SSSR count). The van der Waals surface area contributed by atoms with Gasteiger partial charge < -0.3 is 5.11 Å². The molecule has 0 aliphatic heterocycles. The van der Waals surface area contributed by atoms with Crippen molar-refractivity contribution in [1.29, 1.82) is 0 Å². The summed E-state index contributed by atoms with van der Waals surface area (Å²) in [6, 6.07) is 12.2. The minimum Gasteiger partial charge on any atom is -0.388 e. The molecule has 2 unspecified atom stereocenters. The van der Waals surface area contributed by atoms with Gasteiger partial charge in [-0.25, -0.2) is 8.78 Å². The molecule has 1 N–H and O–H groups in total. The molecular weight excluding hydrogens is 258 g/mol. The number of hydrogen-bond acceptors (Lipinski definition) is 1. The molecule has 0 saturated heterocycles. The van der Waals surface area contributed by atoms with E-state index in [0.717, 1.165) is 12.0 Å². The molecule has 3 heteroatoms. The van der Waals surface area contributed by atoms with Gasteiger partial charge in [-0.05, 0) is 54.2 Å². The van der Waals surface area contributed by atoms with Gasteiger partial charge >= 0.3 is 0 Å². The Bertz CT molecular complexity index is 534. The average Bonchev–Trinajstić information content (AvgIpc) is 2.46. The van der Waals surface area contributed by atoms with Crippen LogP contribution < -0.4 is 0 Å². The Balaban J connectivity index is 2.09. The van der Waals surface area contributed by atoms with Crippen LogP contribution in [0.3, 0.4) is 0 Å². The third-order valence-electron chi connectivity index (χ3n) is 3.60. The van der Waals surface area contributed by atoms with Crippen LogP contribution in [0, 0.1) is 11.6 Å². The standard InChI is InChI=1S/C17H18F2O/c1-2-12(13-3-7-15(18)8-4-13)11-17(20)14-5-9-16(19)10-6-14/h3-10,12,17,20H,2,11H2,1H3. The molecule has 0 saturated carbocycles. The molecule has 0 heterocycles. The van der Waals surface area contributed by atoms with Crippen molar-refractivity contribution in [2.45, 2.75) is 31.8 Å². The van der Waals surface area contributed by atoms with Gasteiger partial charge in [0.2, 0.25) is 0 Å². The zero-order valence-electron chi connectivity index (χ0n) is 11.4. The van der Waals surface area contributed by atoms with E-state index in [-0.39, 0.29) is 17.6 Å². The Morgan fingerprint density at radius 2 is 1.30 bits per heavy atom. The number of benzene rings is 2. The third-order valence-corrected chi connectivity index (χ3v) is 3.60. The van der Waals surface area contributed by atoms with Crippen molar-refractivity contribution >= 4 is 0 Å². The zero-order valence-corrected chi connectivity index (χ0v) is 11.4. The lowest BCUT2D eigenvalue weighted by Crippen LogP contribution is -2.06. The fourth-order valence-electron chi connectivity index (χ4n) is 2.36. The number of rotatable bonds is 5. The van der Waals surface area contributed by atoms with Crippen LogP contribution in [-0.2, 0) is 0 Å². The Kier molecular flexibility index (Phi) is 4.85. The summed E-state index contributed by atoms with van der Waals surface area (Å²) >= 11 is 0. The molecule has 0 fully saturated rings. The van der Waals surface area contributed by atoms with Crippen LogP contribution in [0.2, 0.25) is 0 Å². The first-order valence-corrected chi connectivity index (χ1v) is 6.79. The average molecular weight is 276 g/mol. The molecule has 0 radical (unpaired) electrons. The van der Waals surface area contributed by atoms with Crippen LogP contribution in [0.5, 0.6) is 0 Å². The summed E-state index contributed by atoms with van der Waals surface area (Å²) in [5.74, 6) is -0.426. The second-order valence-electron chi connectivity index (χ2n) is 4.96. The van der Waals surface area contributed by atoms with Crippen molar-refractivity contribution in [3.8, 4) is 0 Å². The van der Waals surface area contributed by atoms with Gasteiger partial charge in [-0.1, -0.05) is 31.2 Å². The second-order valence-corrected chi connectivity index (χ2v) is 4.96. The lowest BCUT2D eigenvalue weighted by molar-refractivity contribution is 0.156. The summed E-state index contributed by atoms with van der Waals surface area (Å²) < 4.78 is 25.8. The molecule has 20 heavy (non-hydrogen) atoms. The fourth-order valence-corrected chi connectivity index (χ4v) is 2.36. The molecule has 2 atom stereocenters. The first-order chi connectivity index (χ1) is 9.60. The molecule has 1 nitrogen and oxygen atoms in total. The molecule has 2 aromatic carbocycles. The van der Waals surface area contributed by atoms with E-state index in [1.54, 1.807) is 24.3 Å². The third kappa shape index (κ3) is 3.64. The maximum absolute atomic E-state index is 12.9. The predicted octanol–water partition coefficient (Wildman–Crippen LogP) is 4.58. The van der Waals surface area contributed by atoms with Crippen LogP contribution in [-0.4, -0.2) is 5.11 Å². The van der Waals surface area contributed by atoms with Gasteiger partial charge in [0.1, 0.15) is 11.6 Å². The van der Waals surface area contributed by atoms with E-state index in [4.69, 9.17) is 0 Å². The number of aliphatic hydroxyl groups is 1. The summed E-state index contributed by atoms with van der Waals surface area (Å²) in [6.45, 7) is 2.03. The van der Waals surface area contributed by atoms with Crippen molar-refractivity contribution in [1.82, 2.24) is 0 Å². The van der Waals surface area contributed by atoms with Crippen LogP contribution in [0.25, 0.3) is 0 Å². The lowest BCUT2D eigenvalue weighted by atomic mass is 9.89. The van der Waals surface area contributed by atoms with Crippen LogP contribution in [0.1, 0.15) is 42.9 Å². The van der Waals surface area contributed by atoms with E-state index in [1.165, 1.54) is 24.3 Å².